The number of aromatic nitrogens is 1. The maximum atomic E-state index is 5.90. The van der Waals surface area contributed by atoms with Gasteiger partial charge in [0.2, 0.25) is 0 Å². The van der Waals surface area contributed by atoms with Crippen molar-refractivity contribution in [2.45, 2.75) is 32.1 Å². The van der Waals surface area contributed by atoms with Crippen LogP contribution in [0.4, 0.5) is 0 Å². The summed E-state index contributed by atoms with van der Waals surface area (Å²) in [5.41, 5.74) is 2.10. The summed E-state index contributed by atoms with van der Waals surface area (Å²) in [7, 11) is 0. The smallest absolute Gasteiger partial charge is 0.191 e. The number of halogens is 2. The minimum atomic E-state index is 0. The third-order valence-electron chi connectivity index (χ3n) is 3.63. The van der Waals surface area contributed by atoms with E-state index in [4.69, 9.17) is 16.1 Å². The number of rotatable bonds is 8. The van der Waals surface area contributed by atoms with Gasteiger partial charge in [-0.05, 0) is 51.5 Å². The van der Waals surface area contributed by atoms with Crippen molar-refractivity contribution in [3.05, 3.63) is 46.3 Å². The van der Waals surface area contributed by atoms with Crippen molar-refractivity contribution in [2.75, 3.05) is 25.4 Å². The van der Waals surface area contributed by atoms with Crippen molar-refractivity contribution in [3.63, 3.8) is 0 Å². The number of guanidine groups is 1. The van der Waals surface area contributed by atoms with Crippen LogP contribution in [0.2, 0.25) is 5.02 Å². The van der Waals surface area contributed by atoms with Crippen LogP contribution in [-0.4, -0.2) is 36.5 Å². The molecule has 0 unspecified atom stereocenters. The largest absolute Gasteiger partial charge is 0.361 e. The molecule has 2 N–H and O–H groups in total. The van der Waals surface area contributed by atoms with E-state index in [0.717, 1.165) is 53.3 Å². The lowest BCUT2D eigenvalue weighted by Crippen LogP contribution is -2.38. The topological polar surface area (TPSA) is 62.5 Å². The molecule has 0 fully saturated rings. The van der Waals surface area contributed by atoms with Crippen molar-refractivity contribution < 1.29 is 4.52 Å². The number of benzene rings is 1. The lowest BCUT2D eigenvalue weighted by molar-refractivity contribution is 0.392. The summed E-state index contributed by atoms with van der Waals surface area (Å²) in [6.45, 7) is 8.34. The zero-order valence-electron chi connectivity index (χ0n) is 15.3. The average Bonchev–Trinajstić information content (AvgIpc) is 2.92. The van der Waals surface area contributed by atoms with E-state index < -0.39 is 0 Å². The predicted octanol–water partition coefficient (Wildman–Crippen LogP) is 4.45. The Bertz CT molecular complexity index is 671. The van der Waals surface area contributed by atoms with E-state index in [1.165, 1.54) is 4.90 Å². The molecule has 0 radical (unpaired) electrons. The van der Waals surface area contributed by atoms with Crippen LogP contribution in [0.1, 0.15) is 23.9 Å². The standard InChI is InChI=1S/C18H25ClN4OS.HI/c1-4-20-18(21-10-9-17-13(2)23-24-14(17)3)22-11-12-25-16-7-5-15(19)6-8-16;/h5-8H,4,9-12H2,1-3H3,(H2,20,21,22);1H. The second kappa shape index (κ2) is 12.5. The highest BCUT2D eigenvalue weighted by atomic mass is 127. The second-order valence-corrected chi connectivity index (χ2v) is 7.15. The van der Waals surface area contributed by atoms with Crippen molar-refractivity contribution in [1.82, 2.24) is 15.8 Å². The molecule has 5 nitrogen and oxygen atoms in total. The molecule has 0 aliphatic rings. The van der Waals surface area contributed by atoms with Crippen molar-refractivity contribution >= 4 is 53.3 Å². The quantitative estimate of drug-likeness (QED) is 0.181. The van der Waals surface area contributed by atoms with Crippen LogP contribution in [0.5, 0.6) is 0 Å². The first-order chi connectivity index (χ1) is 12.1. The Morgan fingerprint density at radius 1 is 1.23 bits per heavy atom. The Labute approximate surface area is 181 Å². The molecule has 0 saturated carbocycles. The summed E-state index contributed by atoms with van der Waals surface area (Å²) in [6, 6.07) is 7.90. The summed E-state index contributed by atoms with van der Waals surface area (Å²) in [5.74, 6) is 2.67. The van der Waals surface area contributed by atoms with Crippen molar-refractivity contribution in [3.8, 4) is 0 Å². The first-order valence-electron chi connectivity index (χ1n) is 8.42. The summed E-state index contributed by atoms with van der Waals surface area (Å²) in [6.07, 6.45) is 0.831. The molecule has 26 heavy (non-hydrogen) atoms. The van der Waals surface area contributed by atoms with E-state index in [0.29, 0.717) is 6.54 Å². The number of nitrogens with zero attached hydrogens (tertiary/aromatic N) is 2. The summed E-state index contributed by atoms with van der Waals surface area (Å²) < 4.78 is 5.19. The van der Waals surface area contributed by atoms with Gasteiger partial charge in [0.05, 0.1) is 5.69 Å². The van der Waals surface area contributed by atoms with Gasteiger partial charge in [0.15, 0.2) is 5.96 Å². The summed E-state index contributed by atoms with van der Waals surface area (Å²) >= 11 is 7.69. The number of hydrogen-bond acceptors (Lipinski definition) is 4. The number of nitrogens with one attached hydrogen (secondary N) is 2. The van der Waals surface area contributed by atoms with Crippen LogP contribution >= 0.6 is 47.3 Å². The zero-order valence-corrected chi connectivity index (χ0v) is 19.2. The van der Waals surface area contributed by atoms with Gasteiger partial charge in [-0.3, -0.25) is 4.99 Å². The van der Waals surface area contributed by atoms with Gasteiger partial charge in [-0.2, -0.15) is 0 Å². The highest BCUT2D eigenvalue weighted by Crippen LogP contribution is 2.19. The van der Waals surface area contributed by atoms with Gasteiger partial charge in [-0.15, -0.1) is 35.7 Å². The van der Waals surface area contributed by atoms with Gasteiger partial charge in [-0.1, -0.05) is 16.8 Å². The number of aliphatic imine (C=N–C) groups is 1. The predicted molar refractivity (Wildman–Crippen MR) is 121 cm³/mol. The van der Waals surface area contributed by atoms with Crippen LogP contribution in [0.15, 0.2) is 38.7 Å². The average molecular weight is 509 g/mol. The zero-order chi connectivity index (χ0) is 18.1. The Morgan fingerprint density at radius 3 is 2.58 bits per heavy atom. The summed E-state index contributed by atoms with van der Waals surface area (Å²) in [4.78, 5) is 5.84. The van der Waals surface area contributed by atoms with Crippen LogP contribution in [0, 0.1) is 13.8 Å². The maximum Gasteiger partial charge on any atom is 0.191 e. The molecule has 0 aliphatic carbocycles. The minimum absolute atomic E-state index is 0. The monoisotopic (exact) mass is 508 g/mol. The Kier molecular flexibility index (Phi) is 11.1. The van der Waals surface area contributed by atoms with E-state index in [1.54, 1.807) is 11.8 Å². The van der Waals surface area contributed by atoms with E-state index in [2.05, 4.69) is 27.7 Å². The number of aryl methyl sites for hydroxylation is 2. The highest BCUT2D eigenvalue weighted by molar-refractivity contribution is 14.0. The Hall–Kier alpha value is -0.930. The molecule has 2 aromatic rings. The molecule has 0 spiro atoms. The molecule has 0 saturated heterocycles. The van der Waals surface area contributed by atoms with Gasteiger partial charge in [0.25, 0.3) is 0 Å². The van der Waals surface area contributed by atoms with E-state index in [9.17, 15) is 0 Å². The molecule has 0 atom stereocenters. The van der Waals surface area contributed by atoms with Crippen LogP contribution in [-0.2, 0) is 6.42 Å². The van der Waals surface area contributed by atoms with E-state index in [-0.39, 0.29) is 24.0 Å². The fourth-order valence-electron chi connectivity index (χ4n) is 2.35. The lowest BCUT2D eigenvalue weighted by Gasteiger charge is -2.11. The normalized spacial score (nSPS) is 11.2. The molecule has 1 aromatic heterocycles. The molecule has 144 valence electrons. The number of hydrogen-bond donors (Lipinski definition) is 2. The van der Waals surface area contributed by atoms with Crippen LogP contribution in [0.25, 0.3) is 0 Å². The molecular formula is C18H26ClIN4OS. The van der Waals surface area contributed by atoms with Gasteiger partial charge in [0.1, 0.15) is 5.76 Å². The molecule has 2 rings (SSSR count). The SMILES string of the molecule is CCNC(=NCCc1c(C)noc1C)NCCSc1ccc(Cl)cc1.I. The molecule has 1 aromatic carbocycles. The number of thioether (sulfide) groups is 1. The second-order valence-electron chi connectivity index (χ2n) is 5.54. The van der Waals surface area contributed by atoms with Crippen molar-refractivity contribution in [2.24, 2.45) is 4.99 Å². The third-order valence-corrected chi connectivity index (χ3v) is 4.90. The molecule has 1 heterocycles. The van der Waals surface area contributed by atoms with Gasteiger partial charge in [0, 0.05) is 40.9 Å². The molecular weight excluding hydrogens is 483 g/mol. The van der Waals surface area contributed by atoms with Gasteiger partial charge < -0.3 is 15.2 Å². The van der Waals surface area contributed by atoms with E-state index in [1.807, 2.05) is 38.1 Å². The Balaban J connectivity index is 0.00000338. The first-order valence-corrected chi connectivity index (χ1v) is 9.78. The van der Waals surface area contributed by atoms with Gasteiger partial charge in [-0.25, -0.2) is 0 Å². The fraction of sp³-hybridized carbons (Fsp3) is 0.444. The molecule has 0 bridgehead atoms. The van der Waals surface area contributed by atoms with E-state index >= 15 is 0 Å². The van der Waals surface area contributed by atoms with Crippen LogP contribution < -0.4 is 10.6 Å². The Morgan fingerprint density at radius 2 is 1.96 bits per heavy atom. The fourth-order valence-corrected chi connectivity index (χ4v) is 3.24. The first kappa shape index (κ1) is 23.1. The van der Waals surface area contributed by atoms with Crippen molar-refractivity contribution in [1.29, 1.82) is 0 Å². The van der Waals surface area contributed by atoms with Crippen LogP contribution in [0.3, 0.4) is 0 Å². The minimum Gasteiger partial charge on any atom is -0.361 e. The summed E-state index contributed by atoms with van der Waals surface area (Å²) in [5, 5.41) is 11.4. The molecule has 0 aliphatic heterocycles. The van der Waals surface area contributed by atoms with Gasteiger partial charge >= 0.3 is 0 Å². The molecule has 8 heteroatoms. The maximum absolute atomic E-state index is 5.90. The molecule has 0 amide bonds. The lowest BCUT2D eigenvalue weighted by atomic mass is 10.1. The highest BCUT2D eigenvalue weighted by Gasteiger charge is 2.08. The third kappa shape index (κ3) is 7.75.